The molecule has 0 saturated heterocycles. The van der Waals surface area contributed by atoms with Crippen molar-refractivity contribution in [3.63, 3.8) is 0 Å². The van der Waals surface area contributed by atoms with Crippen LogP contribution in [0.1, 0.15) is 6.42 Å². The highest BCUT2D eigenvalue weighted by molar-refractivity contribution is 5.80. The van der Waals surface area contributed by atoms with Crippen molar-refractivity contribution in [3.8, 4) is 0 Å². The van der Waals surface area contributed by atoms with Gasteiger partial charge in [0, 0.05) is 0 Å². The number of hydrogen-bond donors (Lipinski definition) is 4. The van der Waals surface area contributed by atoms with E-state index in [0.29, 0.717) is 0 Å². The van der Waals surface area contributed by atoms with Crippen molar-refractivity contribution in [1.29, 1.82) is 0 Å². The zero-order valence-corrected chi connectivity index (χ0v) is 6.75. The molecule has 0 saturated carbocycles. The van der Waals surface area contributed by atoms with E-state index in [1.807, 2.05) is 0 Å². The van der Waals surface area contributed by atoms with Gasteiger partial charge in [0.15, 0.2) is 0 Å². The topological polar surface area (TPSA) is 118 Å². The zero-order chi connectivity index (χ0) is 10.4. The number of aliphatic hydroxyl groups excluding tert-OH is 2. The van der Waals surface area contributed by atoms with Crippen LogP contribution in [0.4, 0.5) is 0 Å². The molecule has 7 nitrogen and oxygen atoms in total. The summed E-state index contributed by atoms with van der Waals surface area (Å²) in [6.45, 7) is -1.42. The van der Waals surface area contributed by atoms with Crippen LogP contribution < -0.4 is 0 Å². The first-order chi connectivity index (χ1) is 6.02. The minimum atomic E-state index is -1.41. The maximum atomic E-state index is 10.5. The van der Waals surface area contributed by atoms with Crippen molar-refractivity contribution in [2.45, 2.75) is 12.5 Å². The standard InChI is InChI=1S/C6H11NO6/c8-2-7(3-9)4(6(12)13)1-5(10)11/h4,8-9H,1-3H2,(H,10,11)(H,12,13)/t4-/m0/s1. The second-order valence-electron chi connectivity index (χ2n) is 2.32. The molecule has 4 N–H and O–H groups in total. The number of hydrogen-bond acceptors (Lipinski definition) is 5. The fraction of sp³-hybridized carbons (Fsp3) is 0.667. The minimum Gasteiger partial charge on any atom is -0.481 e. The van der Waals surface area contributed by atoms with E-state index >= 15 is 0 Å². The van der Waals surface area contributed by atoms with Gasteiger partial charge in [-0.2, -0.15) is 0 Å². The van der Waals surface area contributed by atoms with Crippen molar-refractivity contribution >= 4 is 11.9 Å². The summed E-state index contributed by atoms with van der Waals surface area (Å²) >= 11 is 0. The van der Waals surface area contributed by atoms with Crippen molar-refractivity contribution in [2.24, 2.45) is 0 Å². The van der Waals surface area contributed by atoms with Crippen LogP contribution in [-0.2, 0) is 9.59 Å². The number of nitrogens with zero attached hydrogens (tertiary/aromatic N) is 1. The maximum absolute atomic E-state index is 10.5. The molecule has 0 bridgehead atoms. The van der Waals surface area contributed by atoms with E-state index < -0.39 is 37.9 Å². The third kappa shape index (κ3) is 3.83. The van der Waals surface area contributed by atoms with Crippen LogP contribution >= 0.6 is 0 Å². The Balaban J connectivity index is 4.38. The van der Waals surface area contributed by atoms with E-state index in [0.717, 1.165) is 4.90 Å². The Morgan fingerprint density at radius 3 is 1.85 bits per heavy atom. The van der Waals surface area contributed by atoms with Gasteiger partial charge < -0.3 is 20.4 Å². The molecule has 0 heterocycles. The summed E-state index contributed by atoms with van der Waals surface area (Å²) in [6.07, 6.45) is -0.670. The number of aliphatic carboxylic acids is 2. The molecule has 0 amide bonds. The van der Waals surface area contributed by atoms with Crippen molar-refractivity contribution < 1.29 is 30.0 Å². The summed E-state index contributed by atoms with van der Waals surface area (Å²) in [4.78, 5) is 21.4. The highest BCUT2D eigenvalue weighted by Crippen LogP contribution is 2.03. The molecule has 1 atom stereocenters. The first kappa shape index (κ1) is 11.8. The molecule has 13 heavy (non-hydrogen) atoms. The van der Waals surface area contributed by atoms with Crippen molar-refractivity contribution in [2.75, 3.05) is 13.5 Å². The normalized spacial score (nSPS) is 12.8. The van der Waals surface area contributed by atoms with E-state index in [4.69, 9.17) is 20.4 Å². The summed E-state index contributed by atoms with van der Waals surface area (Å²) < 4.78 is 0. The number of carbonyl (C=O) groups is 2. The molecular weight excluding hydrogens is 182 g/mol. The van der Waals surface area contributed by atoms with E-state index in [1.54, 1.807) is 0 Å². The van der Waals surface area contributed by atoms with Gasteiger partial charge >= 0.3 is 11.9 Å². The lowest BCUT2D eigenvalue weighted by Gasteiger charge is -2.22. The average Bonchev–Trinajstić information content (AvgIpc) is 2.04. The third-order valence-electron chi connectivity index (χ3n) is 1.46. The summed E-state index contributed by atoms with van der Waals surface area (Å²) in [5.74, 6) is -2.70. The highest BCUT2D eigenvalue weighted by atomic mass is 16.4. The zero-order valence-electron chi connectivity index (χ0n) is 6.75. The lowest BCUT2D eigenvalue weighted by atomic mass is 10.2. The molecule has 7 heteroatoms. The number of carboxylic acids is 2. The minimum absolute atomic E-state index is 0.670. The van der Waals surface area contributed by atoms with Crippen LogP contribution in [0.2, 0.25) is 0 Å². The van der Waals surface area contributed by atoms with Crippen LogP contribution in [0, 0.1) is 0 Å². The Morgan fingerprint density at radius 1 is 1.15 bits per heavy atom. The van der Waals surface area contributed by atoms with Gasteiger partial charge in [0.25, 0.3) is 0 Å². The molecule has 0 aliphatic carbocycles. The predicted molar refractivity (Wildman–Crippen MR) is 39.7 cm³/mol. The number of aliphatic hydroxyl groups is 2. The first-order valence-corrected chi connectivity index (χ1v) is 3.43. The fourth-order valence-electron chi connectivity index (χ4n) is 0.780. The van der Waals surface area contributed by atoms with Crippen molar-refractivity contribution in [3.05, 3.63) is 0 Å². The van der Waals surface area contributed by atoms with Gasteiger partial charge in [-0.25, -0.2) is 4.90 Å². The predicted octanol–water partition coefficient (Wildman–Crippen LogP) is -1.88. The fourth-order valence-corrected chi connectivity index (χ4v) is 0.780. The molecule has 0 aromatic rings. The monoisotopic (exact) mass is 193 g/mol. The van der Waals surface area contributed by atoms with Crippen LogP contribution in [0.3, 0.4) is 0 Å². The molecule has 0 fully saturated rings. The second kappa shape index (κ2) is 5.46. The Hall–Kier alpha value is -1.18. The summed E-state index contributed by atoms with van der Waals surface area (Å²) in [5.41, 5.74) is 0. The van der Waals surface area contributed by atoms with E-state index in [2.05, 4.69) is 0 Å². The summed E-state index contributed by atoms with van der Waals surface area (Å²) in [5, 5.41) is 34.0. The number of rotatable bonds is 6. The first-order valence-electron chi connectivity index (χ1n) is 3.43. The van der Waals surface area contributed by atoms with Gasteiger partial charge in [-0.3, -0.25) is 9.59 Å². The van der Waals surface area contributed by atoms with Gasteiger partial charge in [0.05, 0.1) is 19.9 Å². The van der Waals surface area contributed by atoms with Gasteiger partial charge in [-0.05, 0) is 0 Å². The SMILES string of the molecule is O=C(O)C[C@@H](C(=O)O)N(CO)CO. The molecule has 0 aliphatic heterocycles. The smallest absolute Gasteiger partial charge is 0.321 e. The maximum Gasteiger partial charge on any atom is 0.321 e. The average molecular weight is 193 g/mol. The third-order valence-corrected chi connectivity index (χ3v) is 1.46. The van der Waals surface area contributed by atoms with E-state index in [-0.39, 0.29) is 0 Å². The van der Waals surface area contributed by atoms with Crippen LogP contribution in [0.25, 0.3) is 0 Å². The number of carboxylic acid groups (broad SMARTS) is 2. The van der Waals surface area contributed by atoms with Crippen LogP contribution in [-0.4, -0.2) is 56.8 Å². The van der Waals surface area contributed by atoms with Gasteiger partial charge in [-0.15, -0.1) is 0 Å². The lowest BCUT2D eigenvalue weighted by Crippen LogP contribution is -2.43. The van der Waals surface area contributed by atoms with Gasteiger partial charge in [0.2, 0.25) is 0 Å². The quantitative estimate of drug-likeness (QED) is 0.364. The molecule has 0 spiro atoms. The van der Waals surface area contributed by atoms with Gasteiger partial charge in [-0.1, -0.05) is 0 Å². The summed E-state index contributed by atoms with van der Waals surface area (Å²) in [6, 6.07) is -1.41. The molecular formula is C6H11NO6. The van der Waals surface area contributed by atoms with E-state index in [1.165, 1.54) is 0 Å². The Labute approximate surface area is 73.8 Å². The molecule has 0 unspecified atom stereocenters. The molecule has 0 aromatic heterocycles. The highest BCUT2D eigenvalue weighted by Gasteiger charge is 2.26. The Morgan fingerprint density at radius 2 is 1.62 bits per heavy atom. The second-order valence-corrected chi connectivity index (χ2v) is 2.32. The molecule has 76 valence electrons. The molecule has 0 aliphatic rings. The Bertz CT molecular complexity index is 190. The van der Waals surface area contributed by atoms with Crippen LogP contribution in [0.5, 0.6) is 0 Å². The summed E-state index contributed by atoms with van der Waals surface area (Å²) in [7, 11) is 0. The molecule has 0 aromatic carbocycles. The molecule has 0 rings (SSSR count). The van der Waals surface area contributed by atoms with Crippen LogP contribution in [0.15, 0.2) is 0 Å². The van der Waals surface area contributed by atoms with Gasteiger partial charge in [0.1, 0.15) is 6.04 Å². The largest absolute Gasteiger partial charge is 0.481 e. The Kier molecular flexibility index (Phi) is 4.97. The lowest BCUT2D eigenvalue weighted by molar-refractivity contribution is -0.153. The van der Waals surface area contributed by atoms with Crippen molar-refractivity contribution in [1.82, 2.24) is 4.90 Å². The van der Waals surface area contributed by atoms with E-state index in [9.17, 15) is 9.59 Å². The molecule has 0 radical (unpaired) electrons.